The summed E-state index contributed by atoms with van der Waals surface area (Å²) in [4.78, 5) is 0.311. The fraction of sp³-hybridized carbons (Fsp3) is 0.200. The van der Waals surface area contributed by atoms with Gasteiger partial charge in [0.05, 0.1) is 10.8 Å². The molecular formula is C15H15NO3S2. The second kappa shape index (κ2) is 6.09. The van der Waals surface area contributed by atoms with Gasteiger partial charge in [0.2, 0.25) is 10.0 Å². The average Bonchev–Trinajstić information content (AvgIpc) is 3.04. The highest BCUT2D eigenvalue weighted by molar-refractivity contribution is 8.00. The Morgan fingerprint density at radius 2 is 1.62 bits per heavy atom. The van der Waals surface area contributed by atoms with Gasteiger partial charge in [-0.25, -0.2) is 8.42 Å². The molecule has 1 saturated heterocycles. The number of ether oxygens (including phenoxy) is 1. The molecule has 0 unspecified atom stereocenters. The van der Waals surface area contributed by atoms with E-state index in [4.69, 9.17) is 4.74 Å². The Morgan fingerprint density at radius 1 is 0.952 bits per heavy atom. The zero-order valence-corrected chi connectivity index (χ0v) is 12.9. The van der Waals surface area contributed by atoms with Crippen LogP contribution in [0.3, 0.4) is 0 Å². The predicted octanol–water partition coefficient (Wildman–Crippen LogP) is 3.17. The molecule has 1 heterocycles. The highest BCUT2D eigenvalue weighted by Gasteiger charge is 2.27. The van der Waals surface area contributed by atoms with Crippen LogP contribution in [0.25, 0.3) is 0 Å². The summed E-state index contributed by atoms with van der Waals surface area (Å²) in [5.41, 5.74) is 0. The molecule has 0 spiro atoms. The van der Waals surface area contributed by atoms with Crippen LogP contribution in [0.1, 0.15) is 0 Å². The van der Waals surface area contributed by atoms with Crippen LogP contribution in [0.4, 0.5) is 0 Å². The second-order valence-corrected chi connectivity index (χ2v) is 7.62. The molecule has 2 aromatic carbocycles. The Hall–Kier alpha value is -1.50. The smallest absolute Gasteiger partial charge is 0.243 e. The first-order chi connectivity index (χ1) is 10.2. The van der Waals surface area contributed by atoms with Gasteiger partial charge in [-0.3, -0.25) is 0 Å². The molecule has 1 aliphatic heterocycles. The van der Waals surface area contributed by atoms with Gasteiger partial charge in [-0.15, -0.1) is 11.8 Å². The number of nitrogens with zero attached hydrogens (tertiary/aromatic N) is 1. The van der Waals surface area contributed by atoms with E-state index >= 15 is 0 Å². The summed E-state index contributed by atoms with van der Waals surface area (Å²) in [5.74, 6) is 2.74. The van der Waals surface area contributed by atoms with E-state index in [1.54, 1.807) is 36.0 Å². The molecule has 0 bridgehead atoms. The Kier molecular flexibility index (Phi) is 4.19. The van der Waals surface area contributed by atoms with Gasteiger partial charge >= 0.3 is 0 Å². The third-order valence-corrected chi connectivity index (χ3v) is 6.15. The van der Waals surface area contributed by atoms with E-state index in [0.29, 0.717) is 23.1 Å². The lowest BCUT2D eigenvalue weighted by molar-refractivity contribution is 0.480. The van der Waals surface area contributed by atoms with Gasteiger partial charge in [-0.2, -0.15) is 4.31 Å². The normalized spacial score (nSPS) is 16.0. The monoisotopic (exact) mass is 321 g/mol. The Balaban J connectivity index is 1.78. The molecule has 0 radical (unpaired) electrons. The van der Waals surface area contributed by atoms with Crippen molar-refractivity contribution in [2.75, 3.05) is 18.2 Å². The van der Waals surface area contributed by atoms with E-state index < -0.39 is 10.0 Å². The Bertz CT molecular complexity index is 693. The SMILES string of the molecule is O=S(=O)(c1ccc(Oc2ccccc2)cc1)N1CCSC1. The molecule has 1 aliphatic rings. The van der Waals surface area contributed by atoms with Crippen molar-refractivity contribution in [1.82, 2.24) is 4.31 Å². The van der Waals surface area contributed by atoms with Crippen LogP contribution in [-0.4, -0.2) is 30.9 Å². The first-order valence-corrected chi connectivity index (χ1v) is 9.16. The van der Waals surface area contributed by atoms with E-state index in [1.807, 2.05) is 30.3 Å². The maximum absolute atomic E-state index is 12.4. The van der Waals surface area contributed by atoms with Crippen LogP contribution in [0.2, 0.25) is 0 Å². The van der Waals surface area contributed by atoms with Gasteiger partial charge in [0, 0.05) is 12.3 Å². The third-order valence-electron chi connectivity index (χ3n) is 3.16. The summed E-state index contributed by atoms with van der Waals surface area (Å²) in [6.07, 6.45) is 0. The van der Waals surface area contributed by atoms with Crippen molar-refractivity contribution in [3.8, 4) is 11.5 Å². The van der Waals surface area contributed by atoms with Crippen molar-refractivity contribution in [2.24, 2.45) is 0 Å². The topological polar surface area (TPSA) is 46.6 Å². The minimum atomic E-state index is -3.37. The number of sulfonamides is 1. The molecule has 0 N–H and O–H groups in total. The van der Waals surface area contributed by atoms with E-state index in [2.05, 4.69) is 0 Å². The molecule has 0 atom stereocenters. The number of thioether (sulfide) groups is 1. The molecule has 4 nitrogen and oxygen atoms in total. The molecule has 21 heavy (non-hydrogen) atoms. The van der Waals surface area contributed by atoms with E-state index in [1.165, 1.54) is 4.31 Å². The lowest BCUT2D eigenvalue weighted by atomic mass is 10.3. The van der Waals surface area contributed by atoms with Crippen LogP contribution in [0.15, 0.2) is 59.5 Å². The van der Waals surface area contributed by atoms with E-state index in [-0.39, 0.29) is 0 Å². The number of rotatable bonds is 4. The van der Waals surface area contributed by atoms with Gasteiger partial charge in [0.1, 0.15) is 11.5 Å². The largest absolute Gasteiger partial charge is 0.457 e. The molecule has 0 aromatic heterocycles. The second-order valence-electron chi connectivity index (χ2n) is 4.60. The number of hydrogen-bond acceptors (Lipinski definition) is 4. The molecule has 0 amide bonds. The van der Waals surface area contributed by atoms with Gasteiger partial charge in [-0.05, 0) is 36.4 Å². The number of hydrogen-bond donors (Lipinski definition) is 0. The number of benzene rings is 2. The van der Waals surface area contributed by atoms with Crippen molar-refractivity contribution < 1.29 is 13.2 Å². The van der Waals surface area contributed by atoms with Crippen molar-refractivity contribution in [3.63, 3.8) is 0 Å². The summed E-state index contributed by atoms with van der Waals surface area (Å²) >= 11 is 1.63. The molecule has 1 fully saturated rings. The van der Waals surface area contributed by atoms with Crippen LogP contribution >= 0.6 is 11.8 Å². The van der Waals surface area contributed by atoms with Gasteiger partial charge < -0.3 is 4.74 Å². The lowest BCUT2D eigenvalue weighted by Crippen LogP contribution is -2.27. The van der Waals surface area contributed by atoms with Crippen LogP contribution in [0.5, 0.6) is 11.5 Å². The quantitative estimate of drug-likeness (QED) is 0.868. The summed E-state index contributed by atoms with van der Waals surface area (Å²) < 4.78 is 31.9. The number of para-hydroxylation sites is 1. The third kappa shape index (κ3) is 3.23. The van der Waals surface area contributed by atoms with Gasteiger partial charge in [0.25, 0.3) is 0 Å². The highest BCUT2D eigenvalue weighted by Crippen LogP contribution is 2.26. The zero-order chi connectivity index (χ0) is 14.7. The maximum Gasteiger partial charge on any atom is 0.243 e. The van der Waals surface area contributed by atoms with Gasteiger partial charge in [-0.1, -0.05) is 18.2 Å². The van der Waals surface area contributed by atoms with Crippen molar-refractivity contribution in [1.29, 1.82) is 0 Å². The van der Waals surface area contributed by atoms with E-state index in [9.17, 15) is 8.42 Å². The predicted molar refractivity (Wildman–Crippen MR) is 84.2 cm³/mol. The van der Waals surface area contributed by atoms with Crippen LogP contribution in [0, 0.1) is 0 Å². The summed E-state index contributed by atoms with van der Waals surface area (Å²) in [7, 11) is -3.37. The molecule has 0 saturated carbocycles. The fourth-order valence-electron chi connectivity index (χ4n) is 2.04. The fourth-order valence-corrected chi connectivity index (χ4v) is 4.86. The molecular weight excluding hydrogens is 306 g/mol. The molecule has 3 rings (SSSR count). The van der Waals surface area contributed by atoms with Crippen molar-refractivity contribution >= 4 is 21.8 Å². The first kappa shape index (κ1) is 14.4. The minimum Gasteiger partial charge on any atom is -0.457 e. The first-order valence-electron chi connectivity index (χ1n) is 6.57. The average molecular weight is 321 g/mol. The molecule has 110 valence electrons. The van der Waals surface area contributed by atoms with Crippen molar-refractivity contribution in [2.45, 2.75) is 4.90 Å². The lowest BCUT2D eigenvalue weighted by Gasteiger charge is -2.15. The van der Waals surface area contributed by atoms with Gasteiger partial charge in [0.15, 0.2) is 0 Å². The van der Waals surface area contributed by atoms with Crippen LogP contribution < -0.4 is 4.74 Å². The standard InChI is InChI=1S/C15H15NO3S2/c17-21(18,16-10-11-20-12-16)15-8-6-14(7-9-15)19-13-4-2-1-3-5-13/h1-9H,10-12H2. The Morgan fingerprint density at radius 3 is 2.24 bits per heavy atom. The van der Waals surface area contributed by atoms with Crippen molar-refractivity contribution in [3.05, 3.63) is 54.6 Å². The van der Waals surface area contributed by atoms with E-state index in [0.717, 1.165) is 11.5 Å². The molecule has 6 heteroatoms. The summed E-state index contributed by atoms with van der Waals surface area (Å²) in [5, 5.41) is 0. The molecule has 2 aromatic rings. The molecule has 0 aliphatic carbocycles. The summed E-state index contributed by atoms with van der Waals surface area (Å²) in [6, 6.07) is 16.0. The Labute approximate surface area is 128 Å². The summed E-state index contributed by atoms with van der Waals surface area (Å²) in [6.45, 7) is 0.579. The maximum atomic E-state index is 12.4. The minimum absolute atomic E-state index is 0.311. The highest BCUT2D eigenvalue weighted by atomic mass is 32.2. The van der Waals surface area contributed by atoms with Crippen LogP contribution in [-0.2, 0) is 10.0 Å². The zero-order valence-electron chi connectivity index (χ0n) is 11.3.